The molecule has 0 aliphatic carbocycles. The Morgan fingerprint density at radius 2 is 1.60 bits per heavy atom. The second kappa shape index (κ2) is 8.66. The highest BCUT2D eigenvalue weighted by atomic mass is 16.5. The van der Waals surface area contributed by atoms with Crippen LogP contribution in [0.2, 0.25) is 0 Å². The molecule has 0 unspecified atom stereocenters. The van der Waals surface area contributed by atoms with Crippen LogP contribution in [0.1, 0.15) is 29.8 Å². The Balaban J connectivity index is 1.46. The third kappa shape index (κ3) is 4.58. The number of fused-ring (bicyclic) bond motifs is 1. The van der Waals surface area contributed by atoms with Gasteiger partial charge in [0.2, 0.25) is 5.88 Å². The highest BCUT2D eigenvalue weighted by Gasteiger charge is 2.05. The summed E-state index contributed by atoms with van der Waals surface area (Å²) in [5.74, 6) is 0.546. The maximum Gasteiger partial charge on any atom is 0.213 e. The molecular weight excluding hydrogens is 374 g/mol. The van der Waals surface area contributed by atoms with E-state index in [1.54, 1.807) is 30.7 Å². The highest BCUT2D eigenvalue weighted by molar-refractivity contribution is 6.07. The van der Waals surface area contributed by atoms with Gasteiger partial charge in [0, 0.05) is 35.8 Å². The number of pyridine rings is 1. The Kier molecular flexibility index (Phi) is 5.61. The number of aromatic nitrogens is 3. The molecule has 0 N–H and O–H groups in total. The summed E-state index contributed by atoms with van der Waals surface area (Å²) >= 11 is 0. The minimum Gasteiger partial charge on any atom is -0.475 e. The van der Waals surface area contributed by atoms with Crippen molar-refractivity contribution >= 4 is 22.9 Å². The number of hydrogen-bond donors (Lipinski definition) is 0. The fraction of sp³-hybridized carbons (Fsp3) is 0.120. The minimum absolute atomic E-state index is 0.0559. The number of benzene rings is 2. The van der Waals surface area contributed by atoms with Crippen molar-refractivity contribution in [2.24, 2.45) is 0 Å². The summed E-state index contributed by atoms with van der Waals surface area (Å²) < 4.78 is 5.57. The number of allylic oxidation sites excluding steroid dienone is 1. The van der Waals surface area contributed by atoms with Crippen LogP contribution in [0.4, 0.5) is 0 Å². The quantitative estimate of drug-likeness (QED) is 0.324. The van der Waals surface area contributed by atoms with Crippen molar-refractivity contribution < 1.29 is 9.53 Å². The van der Waals surface area contributed by atoms with Crippen molar-refractivity contribution in [3.05, 3.63) is 90.4 Å². The van der Waals surface area contributed by atoms with Gasteiger partial charge >= 0.3 is 0 Å². The van der Waals surface area contributed by atoms with Crippen LogP contribution in [0.15, 0.2) is 79.3 Å². The van der Waals surface area contributed by atoms with Gasteiger partial charge in [0.25, 0.3) is 0 Å². The molecule has 0 saturated heterocycles. The Morgan fingerprint density at radius 3 is 2.30 bits per heavy atom. The molecule has 4 rings (SSSR count). The molecule has 5 nitrogen and oxygen atoms in total. The molecule has 5 heteroatoms. The Hall–Kier alpha value is -3.86. The summed E-state index contributed by atoms with van der Waals surface area (Å²) in [5, 5.41) is 0. The molecule has 0 atom stereocenters. The van der Waals surface area contributed by atoms with Crippen molar-refractivity contribution in [1.29, 1.82) is 0 Å². The summed E-state index contributed by atoms with van der Waals surface area (Å²) in [5.41, 5.74) is 5.13. The normalized spacial score (nSPS) is 11.3. The van der Waals surface area contributed by atoms with Crippen molar-refractivity contribution in [3.8, 4) is 17.0 Å². The maximum absolute atomic E-state index is 12.5. The van der Waals surface area contributed by atoms with Gasteiger partial charge in [-0.3, -0.25) is 14.8 Å². The van der Waals surface area contributed by atoms with E-state index in [1.807, 2.05) is 68.4 Å². The highest BCUT2D eigenvalue weighted by Crippen LogP contribution is 2.22. The lowest BCUT2D eigenvalue weighted by Crippen LogP contribution is -2.06. The van der Waals surface area contributed by atoms with Crippen LogP contribution in [0.25, 0.3) is 28.2 Å². The second-order valence-electron chi connectivity index (χ2n) is 7.13. The zero-order valence-corrected chi connectivity index (χ0v) is 16.8. The predicted molar refractivity (Wildman–Crippen MR) is 118 cm³/mol. The number of rotatable bonds is 6. The van der Waals surface area contributed by atoms with Gasteiger partial charge in [-0.2, -0.15) is 0 Å². The number of ketones is 1. The van der Waals surface area contributed by atoms with Crippen molar-refractivity contribution in [1.82, 2.24) is 15.0 Å². The van der Waals surface area contributed by atoms with Gasteiger partial charge in [-0.25, -0.2) is 4.98 Å². The Bertz CT molecular complexity index is 1200. The number of carbonyl (C=O) groups is 1. The molecule has 30 heavy (non-hydrogen) atoms. The van der Waals surface area contributed by atoms with E-state index in [2.05, 4.69) is 15.0 Å². The molecule has 0 aliphatic rings. The Labute approximate surface area is 175 Å². The molecular formula is C25H21N3O2. The van der Waals surface area contributed by atoms with Gasteiger partial charge in [-0.1, -0.05) is 36.4 Å². The minimum atomic E-state index is -0.0559. The van der Waals surface area contributed by atoms with E-state index in [1.165, 1.54) is 0 Å². The second-order valence-corrected chi connectivity index (χ2v) is 7.13. The molecule has 0 radical (unpaired) electrons. The van der Waals surface area contributed by atoms with E-state index in [0.717, 1.165) is 27.7 Å². The van der Waals surface area contributed by atoms with Crippen LogP contribution >= 0.6 is 0 Å². The van der Waals surface area contributed by atoms with Crippen LogP contribution in [-0.2, 0) is 0 Å². The van der Waals surface area contributed by atoms with Crippen LogP contribution in [0, 0.1) is 0 Å². The van der Waals surface area contributed by atoms with Gasteiger partial charge in [0.15, 0.2) is 5.78 Å². The van der Waals surface area contributed by atoms with E-state index in [-0.39, 0.29) is 11.9 Å². The molecule has 0 fully saturated rings. The molecule has 2 aromatic carbocycles. The largest absolute Gasteiger partial charge is 0.475 e. The first-order chi connectivity index (χ1) is 14.6. The Morgan fingerprint density at radius 1 is 0.867 bits per heavy atom. The lowest BCUT2D eigenvalue weighted by Gasteiger charge is -2.09. The van der Waals surface area contributed by atoms with Gasteiger partial charge in [0.1, 0.15) is 0 Å². The molecule has 0 aliphatic heterocycles. The van der Waals surface area contributed by atoms with E-state index in [4.69, 9.17) is 4.74 Å². The summed E-state index contributed by atoms with van der Waals surface area (Å²) in [6, 6.07) is 17.0. The third-order valence-corrected chi connectivity index (χ3v) is 4.52. The molecule has 0 spiro atoms. The van der Waals surface area contributed by atoms with Crippen LogP contribution in [0.3, 0.4) is 0 Å². The monoisotopic (exact) mass is 395 g/mol. The number of ether oxygens (including phenoxy) is 1. The van der Waals surface area contributed by atoms with Crippen molar-refractivity contribution in [2.45, 2.75) is 20.0 Å². The molecule has 4 aromatic rings. The zero-order valence-electron chi connectivity index (χ0n) is 16.8. The molecule has 2 heterocycles. The molecule has 148 valence electrons. The average molecular weight is 395 g/mol. The predicted octanol–water partition coefficient (Wildman–Crippen LogP) is 5.38. The first kappa shape index (κ1) is 19.5. The standard InChI is InChI=1S/C25H21N3O2/c1-17(2)30-25-12-9-21(16-28-25)19-5-7-20(8-6-19)24(29)11-4-18-3-10-22-23(15-18)27-14-13-26-22/h3-17H,1-2H3/b11-4+. The van der Waals surface area contributed by atoms with Gasteiger partial charge in [0.05, 0.1) is 17.1 Å². The van der Waals surface area contributed by atoms with Gasteiger partial charge < -0.3 is 4.74 Å². The van der Waals surface area contributed by atoms with E-state index >= 15 is 0 Å². The fourth-order valence-corrected chi connectivity index (χ4v) is 3.04. The van der Waals surface area contributed by atoms with E-state index in [9.17, 15) is 4.79 Å². The van der Waals surface area contributed by atoms with Crippen LogP contribution in [-0.4, -0.2) is 26.8 Å². The van der Waals surface area contributed by atoms with Gasteiger partial charge in [-0.05, 0) is 49.2 Å². The number of hydrogen-bond acceptors (Lipinski definition) is 5. The molecule has 0 amide bonds. The first-order valence-electron chi connectivity index (χ1n) is 9.75. The van der Waals surface area contributed by atoms with E-state index < -0.39 is 0 Å². The molecule has 2 aromatic heterocycles. The fourth-order valence-electron chi connectivity index (χ4n) is 3.04. The average Bonchev–Trinajstić information content (AvgIpc) is 2.77. The zero-order chi connectivity index (χ0) is 20.9. The number of nitrogens with zero attached hydrogens (tertiary/aromatic N) is 3. The maximum atomic E-state index is 12.5. The van der Waals surface area contributed by atoms with Crippen LogP contribution < -0.4 is 4.74 Å². The smallest absolute Gasteiger partial charge is 0.213 e. The lowest BCUT2D eigenvalue weighted by molar-refractivity contribution is 0.104. The summed E-state index contributed by atoms with van der Waals surface area (Å²) in [7, 11) is 0. The summed E-state index contributed by atoms with van der Waals surface area (Å²) in [6.45, 7) is 3.93. The third-order valence-electron chi connectivity index (χ3n) is 4.52. The summed E-state index contributed by atoms with van der Waals surface area (Å²) in [4.78, 5) is 25.4. The molecule has 0 saturated carbocycles. The van der Waals surface area contributed by atoms with Crippen LogP contribution in [0.5, 0.6) is 5.88 Å². The molecule has 0 bridgehead atoms. The lowest BCUT2D eigenvalue weighted by atomic mass is 10.0. The number of carbonyl (C=O) groups excluding carboxylic acids is 1. The van der Waals surface area contributed by atoms with Crippen molar-refractivity contribution in [2.75, 3.05) is 0 Å². The van der Waals surface area contributed by atoms with Crippen molar-refractivity contribution in [3.63, 3.8) is 0 Å². The SMILES string of the molecule is CC(C)Oc1ccc(-c2ccc(C(=O)/C=C/c3ccc4nccnc4c3)cc2)cn1. The van der Waals surface area contributed by atoms with E-state index in [0.29, 0.717) is 11.4 Å². The van der Waals surface area contributed by atoms with Gasteiger partial charge in [-0.15, -0.1) is 0 Å². The first-order valence-corrected chi connectivity index (χ1v) is 9.75. The summed E-state index contributed by atoms with van der Waals surface area (Å²) in [6.07, 6.45) is 8.55. The topological polar surface area (TPSA) is 65.0 Å².